The van der Waals surface area contributed by atoms with Crippen LogP contribution in [0.1, 0.15) is 130 Å². The van der Waals surface area contributed by atoms with E-state index in [9.17, 15) is 19.8 Å². The van der Waals surface area contributed by atoms with E-state index < -0.39 is 36.7 Å². The fourth-order valence-electron chi connectivity index (χ4n) is 4.01. The van der Waals surface area contributed by atoms with Crippen molar-refractivity contribution in [3.63, 3.8) is 0 Å². The van der Waals surface area contributed by atoms with E-state index in [1.165, 1.54) is 71.1 Å². The lowest BCUT2D eigenvalue weighted by Gasteiger charge is -2.23. The summed E-state index contributed by atoms with van der Waals surface area (Å²) in [5, 5.41) is 22.7. The Morgan fingerprint density at radius 1 is 0.824 bits per heavy atom. The molecule has 3 atom stereocenters. The summed E-state index contributed by atoms with van der Waals surface area (Å²) < 4.78 is 5.17. The molecule has 1 amide bonds. The number of unbranched alkanes of at least 4 members (excludes halogenated alkanes) is 14. The van der Waals surface area contributed by atoms with Crippen LogP contribution in [-0.2, 0) is 14.3 Å². The highest BCUT2D eigenvalue weighted by molar-refractivity contribution is 5.83. The number of rotatable bonds is 23. The van der Waals surface area contributed by atoms with Crippen LogP contribution in [0.2, 0.25) is 0 Å². The third kappa shape index (κ3) is 19.0. The van der Waals surface area contributed by atoms with E-state index in [4.69, 9.17) is 4.74 Å². The SMILES string of the molecule is CCCCCCCCCCCCC/C=C/[C@@H](O)[C@H](CO)NC(=O)C(CCCCCC)OC(C)=O. The molecule has 0 aliphatic carbocycles. The molecule has 0 saturated heterocycles. The van der Waals surface area contributed by atoms with Crippen molar-refractivity contribution in [3.05, 3.63) is 12.2 Å². The van der Waals surface area contributed by atoms with E-state index >= 15 is 0 Å². The van der Waals surface area contributed by atoms with Crippen LogP contribution in [0.5, 0.6) is 0 Å². The number of allylic oxidation sites excluding steroid dienone is 1. The lowest BCUT2D eigenvalue weighted by atomic mass is 10.0. The summed E-state index contributed by atoms with van der Waals surface area (Å²) in [7, 11) is 0. The summed E-state index contributed by atoms with van der Waals surface area (Å²) in [6.07, 6.45) is 21.1. The van der Waals surface area contributed by atoms with Crippen molar-refractivity contribution in [2.75, 3.05) is 6.61 Å². The molecular weight excluding hydrogens is 430 g/mol. The molecule has 0 heterocycles. The van der Waals surface area contributed by atoms with Crippen LogP contribution >= 0.6 is 0 Å². The predicted octanol–water partition coefficient (Wildman–Crippen LogP) is 5.98. The second kappa shape index (κ2) is 23.3. The number of aliphatic hydroxyl groups excluding tert-OH is 2. The van der Waals surface area contributed by atoms with Gasteiger partial charge in [0.25, 0.3) is 5.91 Å². The van der Waals surface area contributed by atoms with Crippen molar-refractivity contribution in [2.45, 2.75) is 148 Å². The molecule has 0 aromatic rings. The average molecular weight is 484 g/mol. The van der Waals surface area contributed by atoms with Gasteiger partial charge >= 0.3 is 5.97 Å². The van der Waals surface area contributed by atoms with Crippen molar-refractivity contribution in [2.24, 2.45) is 0 Å². The summed E-state index contributed by atoms with van der Waals surface area (Å²) in [6.45, 7) is 5.24. The number of amides is 1. The van der Waals surface area contributed by atoms with Gasteiger partial charge in [0.15, 0.2) is 6.10 Å². The summed E-state index contributed by atoms with van der Waals surface area (Å²) in [6, 6.07) is -0.824. The Bertz CT molecular complexity index is 523. The van der Waals surface area contributed by atoms with E-state index in [-0.39, 0.29) is 0 Å². The minimum atomic E-state index is -0.986. The molecule has 0 aromatic heterocycles. The topological polar surface area (TPSA) is 95.9 Å². The standard InChI is InChI=1S/C28H53NO5/c1-4-6-8-10-11-12-13-14-15-16-17-18-19-21-26(32)25(23-30)29-28(33)27(34-24(3)31)22-20-9-7-5-2/h19,21,25-27,30,32H,4-18,20,22-23H2,1-3H3,(H,29,33)/b21-19+/t25-,26+,27?/m0/s1. The Morgan fingerprint density at radius 2 is 1.32 bits per heavy atom. The molecule has 34 heavy (non-hydrogen) atoms. The Labute approximate surface area is 208 Å². The van der Waals surface area contributed by atoms with Crippen molar-refractivity contribution < 1.29 is 24.5 Å². The minimum Gasteiger partial charge on any atom is -0.452 e. The smallest absolute Gasteiger partial charge is 0.303 e. The molecule has 0 radical (unpaired) electrons. The van der Waals surface area contributed by atoms with Crippen molar-refractivity contribution in [1.29, 1.82) is 0 Å². The molecule has 0 saturated carbocycles. The molecule has 3 N–H and O–H groups in total. The van der Waals surface area contributed by atoms with Gasteiger partial charge in [0.1, 0.15) is 0 Å². The minimum absolute atomic E-state index is 0.391. The third-order valence-electron chi connectivity index (χ3n) is 6.16. The van der Waals surface area contributed by atoms with E-state index in [1.54, 1.807) is 6.08 Å². The number of carbonyl (C=O) groups is 2. The number of hydrogen-bond donors (Lipinski definition) is 3. The second-order valence-corrected chi connectivity index (χ2v) is 9.49. The fraction of sp³-hybridized carbons (Fsp3) is 0.857. The molecule has 0 rings (SSSR count). The maximum atomic E-state index is 12.6. The second-order valence-electron chi connectivity index (χ2n) is 9.49. The van der Waals surface area contributed by atoms with Gasteiger partial charge < -0.3 is 20.3 Å². The molecule has 0 fully saturated rings. The van der Waals surface area contributed by atoms with E-state index in [0.29, 0.717) is 6.42 Å². The lowest BCUT2D eigenvalue weighted by molar-refractivity contribution is -0.155. The van der Waals surface area contributed by atoms with Crippen molar-refractivity contribution in [1.82, 2.24) is 5.32 Å². The highest BCUT2D eigenvalue weighted by Gasteiger charge is 2.26. The molecule has 6 heteroatoms. The van der Waals surface area contributed by atoms with Crippen LogP contribution < -0.4 is 5.32 Å². The highest BCUT2D eigenvalue weighted by atomic mass is 16.5. The molecule has 0 aliphatic rings. The average Bonchev–Trinajstić information content (AvgIpc) is 2.81. The van der Waals surface area contributed by atoms with Crippen LogP contribution in [0, 0.1) is 0 Å². The van der Waals surface area contributed by atoms with E-state index in [2.05, 4.69) is 19.2 Å². The zero-order valence-electron chi connectivity index (χ0n) is 22.2. The number of ether oxygens (including phenoxy) is 1. The number of carbonyl (C=O) groups excluding carboxylic acids is 2. The zero-order chi connectivity index (χ0) is 25.4. The first kappa shape index (κ1) is 32.6. The van der Waals surface area contributed by atoms with Crippen molar-refractivity contribution >= 4 is 11.9 Å². The van der Waals surface area contributed by atoms with Gasteiger partial charge in [-0.3, -0.25) is 9.59 Å². The van der Waals surface area contributed by atoms with Crippen LogP contribution in [-0.4, -0.2) is 46.9 Å². The highest BCUT2D eigenvalue weighted by Crippen LogP contribution is 2.13. The zero-order valence-corrected chi connectivity index (χ0v) is 22.2. The predicted molar refractivity (Wildman–Crippen MR) is 140 cm³/mol. The Hall–Kier alpha value is -1.40. The van der Waals surface area contributed by atoms with Crippen LogP contribution in [0.15, 0.2) is 12.2 Å². The fourth-order valence-corrected chi connectivity index (χ4v) is 4.01. The maximum Gasteiger partial charge on any atom is 0.303 e. The summed E-state index contributed by atoms with van der Waals surface area (Å²) >= 11 is 0. The quantitative estimate of drug-likeness (QED) is 0.0943. The van der Waals surface area contributed by atoms with E-state index in [1.807, 2.05) is 6.08 Å². The van der Waals surface area contributed by atoms with Gasteiger partial charge in [-0.1, -0.05) is 109 Å². The number of aliphatic hydroxyl groups is 2. The molecule has 1 unspecified atom stereocenters. The monoisotopic (exact) mass is 483 g/mol. The van der Waals surface area contributed by atoms with Crippen molar-refractivity contribution in [3.8, 4) is 0 Å². The Balaban J connectivity index is 4.15. The van der Waals surface area contributed by atoms with Gasteiger partial charge in [0, 0.05) is 6.92 Å². The summed E-state index contributed by atoms with van der Waals surface area (Å²) in [5.41, 5.74) is 0. The molecule has 0 spiro atoms. The van der Waals surface area contributed by atoms with Gasteiger partial charge in [0.05, 0.1) is 18.8 Å². The number of esters is 1. The van der Waals surface area contributed by atoms with Gasteiger partial charge in [-0.05, 0) is 25.7 Å². The molecule has 6 nitrogen and oxygen atoms in total. The largest absolute Gasteiger partial charge is 0.452 e. The number of nitrogens with one attached hydrogen (secondary N) is 1. The van der Waals surface area contributed by atoms with Crippen LogP contribution in [0.3, 0.4) is 0 Å². The lowest BCUT2D eigenvalue weighted by Crippen LogP contribution is -2.49. The first-order valence-electron chi connectivity index (χ1n) is 13.9. The molecule has 0 aliphatic heterocycles. The van der Waals surface area contributed by atoms with E-state index in [0.717, 1.165) is 38.5 Å². The normalized spacial score (nSPS) is 14.1. The first-order chi connectivity index (χ1) is 16.5. The van der Waals surface area contributed by atoms with Gasteiger partial charge in [0.2, 0.25) is 0 Å². The van der Waals surface area contributed by atoms with Crippen LogP contribution in [0.25, 0.3) is 0 Å². The van der Waals surface area contributed by atoms with Gasteiger partial charge in [-0.2, -0.15) is 0 Å². The molecular formula is C28H53NO5. The van der Waals surface area contributed by atoms with Crippen LogP contribution in [0.4, 0.5) is 0 Å². The molecule has 200 valence electrons. The summed E-state index contributed by atoms with van der Waals surface area (Å²) in [5.74, 6) is -0.979. The maximum absolute atomic E-state index is 12.6. The Kier molecular flexibility index (Phi) is 22.4. The summed E-state index contributed by atoms with van der Waals surface area (Å²) in [4.78, 5) is 23.9. The molecule has 0 aromatic carbocycles. The third-order valence-corrected chi connectivity index (χ3v) is 6.16. The Morgan fingerprint density at radius 3 is 1.82 bits per heavy atom. The number of hydrogen-bond acceptors (Lipinski definition) is 5. The van der Waals surface area contributed by atoms with Gasteiger partial charge in [-0.15, -0.1) is 0 Å². The first-order valence-corrected chi connectivity index (χ1v) is 13.9. The van der Waals surface area contributed by atoms with Gasteiger partial charge in [-0.25, -0.2) is 0 Å². The molecule has 0 bridgehead atoms.